The number of hydrogen-bond acceptors (Lipinski definition) is 12. The highest BCUT2D eigenvalue weighted by atomic mass is 19.1. The third kappa shape index (κ3) is 5.51. The van der Waals surface area contributed by atoms with Gasteiger partial charge in [-0.25, -0.2) is 9.18 Å². The first kappa shape index (κ1) is 35.3. The molecule has 0 saturated heterocycles. The number of carbonyl (C=O) groups is 4. The fraction of sp³-hybridized carbons (Fsp3) is 0.576. The highest BCUT2D eigenvalue weighted by molar-refractivity contribution is 6.01. The molecule has 0 heterocycles. The minimum Gasteiger partial charge on any atom is -0.456 e. The van der Waals surface area contributed by atoms with Gasteiger partial charge in [-0.2, -0.15) is 0 Å². The summed E-state index contributed by atoms with van der Waals surface area (Å²) in [7, 11) is 0. The number of esters is 1. The molecule has 1 aromatic rings. The number of rotatable bonds is 11. The summed E-state index contributed by atoms with van der Waals surface area (Å²) in [6.07, 6.45) is 0.835. The van der Waals surface area contributed by atoms with Crippen molar-refractivity contribution in [2.75, 3.05) is 19.8 Å². The lowest BCUT2D eigenvalue weighted by Gasteiger charge is -2.62. The third-order valence-corrected chi connectivity index (χ3v) is 11.2. The summed E-state index contributed by atoms with van der Waals surface area (Å²) in [6.45, 7) is 0.903. The molecule has 5 N–H and O–H groups in total. The maximum atomic E-state index is 17.3. The van der Waals surface area contributed by atoms with Crippen molar-refractivity contribution in [3.8, 4) is 0 Å². The highest BCUT2D eigenvalue weighted by Gasteiger charge is 2.76. The number of nitrogens with zero attached hydrogens (tertiary/aromatic N) is 1. The quantitative estimate of drug-likeness (QED) is 0.124. The van der Waals surface area contributed by atoms with Crippen LogP contribution >= 0.6 is 0 Å². The van der Waals surface area contributed by atoms with Gasteiger partial charge in [0.25, 0.3) is 11.0 Å². The number of aliphatic hydroxyl groups is 4. The van der Waals surface area contributed by atoms with Crippen molar-refractivity contribution < 1.29 is 58.7 Å². The van der Waals surface area contributed by atoms with E-state index < -0.39 is 94.6 Å². The lowest BCUT2D eigenvalue weighted by Crippen LogP contribution is -2.69. The van der Waals surface area contributed by atoms with Gasteiger partial charge in [0, 0.05) is 22.3 Å². The molecule has 5 rings (SSSR count). The maximum absolute atomic E-state index is 17.3. The summed E-state index contributed by atoms with van der Waals surface area (Å²) < 4.78 is 22.4. The molecule has 9 atom stereocenters. The molecule has 15 heteroatoms. The van der Waals surface area contributed by atoms with E-state index in [0.717, 1.165) is 0 Å². The number of hydrogen-bond donors (Lipinski definition) is 5. The van der Waals surface area contributed by atoms with E-state index in [-0.39, 0.29) is 37.2 Å². The lowest BCUT2D eigenvalue weighted by atomic mass is 9.44. The van der Waals surface area contributed by atoms with Gasteiger partial charge in [0.1, 0.15) is 6.61 Å². The Morgan fingerprint density at radius 3 is 2.60 bits per heavy atom. The minimum absolute atomic E-state index is 0.0626. The van der Waals surface area contributed by atoms with Gasteiger partial charge in [-0.05, 0) is 74.8 Å². The smallest absolute Gasteiger partial charge is 0.331 e. The predicted molar refractivity (Wildman–Crippen MR) is 162 cm³/mol. The molecule has 0 aromatic heterocycles. The van der Waals surface area contributed by atoms with Crippen LogP contribution in [0.3, 0.4) is 0 Å². The van der Waals surface area contributed by atoms with Crippen LogP contribution < -0.4 is 5.32 Å². The number of alkyl halides is 1. The molecule has 0 bridgehead atoms. The summed E-state index contributed by atoms with van der Waals surface area (Å²) in [4.78, 5) is 66.0. The summed E-state index contributed by atoms with van der Waals surface area (Å²) in [5.41, 5.74) is -6.49. The Morgan fingerprint density at radius 1 is 1.19 bits per heavy atom. The average molecular weight is 675 g/mol. The van der Waals surface area contributed by atoms with Crippen LogP contribution in [0.2, 0.25) is 0 Å². The lowest BCUT2D eigenvalue weighted by molar-refractivity contribution is -0.757. The number of benzene rings is 1. The van der Waals surface area contributed by atoms with Crippen molar-refractivity contribution in [3.05, 3.63) is 69.3 Å². The molecule has 3 fully saturated rings. The number of carbonyl (C=O) groups excluding carboxylic acids is 4. The molecule has 1 aromatic carbocycles. The largest absolute Gasteiger partial charge is 0.456 e. The zero-order valence-corrected chi connectivity index (χ0v) is 26.5. The van der Waals surface area contributed by atoms with E-state index in [0.29, 0.717) is 17.6 Å². The predicted octanol–water partition coefficient (Wildman–Crippen LogP) is 0.713. The van der Waals surface area contributed by atoms with E-state index in [1.54, 1.807) is 13.0 Å². The van der Waals surface area contributed by atoms with Gasteiger partial charge in [-0.3, -0.25) is 14.4 Å². The molecule has 0 aliphatic heterocycles. The van der Waals surface area contributed by atoms with Gasteiger partial charge in [-0.1, -0.05) is 30.7 Å². The van der Waals surface area contributed by atoms with E-state index in [1.165, 1.54) is 43.4 Å². The first-order valence-corrected chi connectivity index (χ1v) is 15.7. The number of amides is 1. The van der Waals surface area contributed by atoms with Gasteiger partial charge in [0.15, 0.2) is 29.7 Å². The Balaban J connectivity index is 1.27. The van der Waals surface area contributed by atoms with Crippen LogP contribution in [0.4, 0.5) is 4.39 Å². The minimum atomic E-state index is -2.53. The number of aliphatic hydroxyl groups excluding tert-OH is 3. The van der Waals surface area contributed by atoms with Crippen LogP contribution in [0.1, 0.15) is 55.5 Å². The second-order valence-corrected chi connectivity index (χ2v) is 13.5. The molecule has 1 amide bonds. The second-order valence-electron chi connectivity index (χ2n) is 13.5. The molecule has 0 spiro atoms. The van der Waals surface area contributed by atoms with Crippen LogP contribution in [0, 0.1) is 32.8 Å². The zero-order valence-electron chi connectivity index (χ0n) is 26.5. The molecule has 260 valence electrons. The van der Waals surface area contributed by atoms with Crippen LogP contribution in [0.5, 0.6) is 0 Å². The van der Waals surface area contributed by atoms with Gasteiger partial charge >= 0.3 is 5.97 Å². The Morgan fingerprint density at radius 2 is 1.92 bits per heavy atom. The fourth-order valence-corrected chi connectivity index (χ4v) is 8.60. The van der Waals surface area contributed by atoms with E-state index in [9.17, 15) is 49.7 Å². The van der Waals surface area contributed by atoms with Crippen LogP contribution in [0.15, 0.2) is 48.1 Å². The standard InChI is InChI=1S/C33H39FN2O12/c1-30-10-8-21(38)13-20(30)6-7-22-23-14-25(39)33(44,31(23,2)15-26(40)32(22,30)34)27(41)17-47-29(43)24(16-37)35-28(42)19-5-3-4-18(12-19)9-11-48-36(45)46/h3-5,8,10,12-13,22-26,37,39-40,44H,6-7,9,11,14-17H2,1-2H3,(H,35,42)/t22-,23-,24?,25+,26-,30-,31-,32-,33-/m0/s1. The van der Waals surface area contributed by atoms with Crippen molar-refractivity contribution in [2.24, 2.45) is 22.7 Å². The van der Waals surface area contributed by atoms with Gasteiger partial charge < -0.3 is 35.3 Å². The van der Waals surface area contributed by atoms with E-state index >= 15 is 4.39 Å². The molecule has 4 aliphatic rings. The normalized spacial score (nSPS) is 35.7. The molecule has 0 radical (unpaired) electrons. The highest BCUT2D eigenvalue weighted by Crippen LogP contribution is 2.69. The average Bonchev–Trinajstić information content (AvgIpc) is 3.24. The maximum Gasteiger partial charge on any atom is 0.331 e. The molecule has 14 nitrogen and oxygen atoms in total. The Bertz CT molecular complexity index is 1580. The second kappa shape index (κ2) is 12.8. The topological polar surface area (TPSA) is 223 Å². The number of ether oxygens (including phenoxy) is 1. The molecule has 3 saturated carbocycles. The van der Waals surface area contributed by atoms with E-state index in [2.05, 4.69) is 10.2 Å². The summed E-state index contributed by atoms with van der Waals surface area (Å²) in [6, 6.07) is 4.31. The zero-order chi connectivity index (χ0) is 35.2. The molecule has 48 heavy (non-hydrogen) atoms. The monoisotopic (exact) mass is 674 g/mol. The van der Waals surface area contributed by atoms with Crippen molar-refractivity contribution in [1.29, 1.82) is 0 Å². The van der Waals surface area contributed by atoms with E-state index in [4.69, 9.17) is 4.74 Å². The van der Waals surface area contributed by atoms with Crippen molar-refractivity contribution in [2.45, 2.75) is 75.5 Å². The number of halogens is 1. The van der Waals surface area contributed by atoms with Crippen molar-refractivity contribution >= 4 is 23.4 Å². The number of nitrogens with one attached hydrogen (secondary N) is 1. The fourth-order valence-electron chi connectivity index (χ4n) is 8.60. The van der Waals surface area contributed by atoms with Crippen LogP contribution in [0.25, 0.3) is 0 Å². The number of allylic oxidation sites excluding steroid dienone is 4. The van der Waals surface area contributed by atoms with Crippen LogP contribution in [-0.2, 0) is 30.4 Å². The Hall–Kier alpha value is -4.05. The van der Waals surface area contributed by atoms with Crippen molar-refractivity contribution in [1.82, 2.24) is 5.32 Å². The summed E-state index contributed by atoms with van der Waals surface area (Å²) >= 11 is 0. The molecule has 4 aliphatic carbocycles. The van der Waals surface area contributed by atoms with Gasteiger partial charge in [0.2, 0.25) is 5.78 Å². The first-order chi connectivity index (χ1) is 22.5. The summed E-state index contributed by atoms with van der Waals surface area (Å²) in [5, 5.41) is 55.9. The summed E-state index contributed by atoms with van der Waals surface area (Å²) in [5.74, 6) is -5.03. The first-order valence-electron chi connectivity index (χ1n) is 15.7. The Labute approximate surface area is 274 Å². The van der Waals surface area contributed by atoms with Gasteiger partial charge in [0.05, 0.1) is 18.8 Å². The van der Waals surface area contributed by atoms with Crippen molar-refractivity contribution in [3.63, 3.8) is 0 Å². The molecule has 1 unspecified atom stereocenters. The SMILES string of the molecule is C[C@]12C=CC(=O)C=C1CC[C@H]1[C@@H]3C[C@@H](O)[C@](O)(C(=O)COC(=O)C(CO)NC(=O)c4cccc(CCO[N+](=O)[O-])c4)[C@@]3(C)C[C@H](O)[C@@]12F. The van der Waals surface area contributed by atoms with E-state index in [1.807, 2.05) is 0 Å². The third-order valence-electron chi connectivity index (χ3n) is 11.2. The van der Waals surface area contributed by atoms with Gasteiger partial charge in [-0.15, -0.1) is 10.1 Å². The number of ketones is 2. The van der Waals surface area contributed by atoms with Crippen LogP contribution in [-0.4, -0.2) is 98.3 Å². The number of fused-ring (bicyclic) bond motifs is 5. The molecular weight excluding hydrogens is 635 g/mol. The number of Topliss-reactive ketones (excluding diaryl/α,β-unsaturated/α-hetero) is 1. The molecular formula is C33H39FN2O12. The Kier molecular flexibility index (Phi) is 9.38.